The number of urea groups is 2. The van der Waals surface area contributed by atoms with Crippen LogP contribution in [0.5, 0.6) is 11.5 Å². The number of methoxy groups -OCH3 is 2. The fourth-order valence-electron chi connectivity index (χ4n) is 2.50. The van der Waals surface area contributed by atoms with Crippen molar-refractivity contribution in [2.24, 2.45) is 5.73 Å². The van der Waals surface area contributed by atoms with Crippen LogP contribution in [0.2, 0.25) is 0 Å². The number of nitrogens with one attached hydrogen (secondary N) is 2. The van der Waals surface area contributed by atoms with E-state index >= 15 is 0 Å². The van der Waals surface area contributed by atoms with Crippen molar-refractivity contribution in [1.82, 2.24) is 15.5 Å². The molecule has 10 heteroatoms. The van der Waals surface area contributed by atoms with Crippen molar-refractivity contribution >= 4 is 23.9 Å². The lowest BCUT2D eigenvalue weighted by molar-refractivity contribution is -0.134. The van der Waals surface area contributed by atoms with Crippen LogP contribution in [0.1, 0.15) is 12.5 Å². The van der Waals surface area contributed by atoms with Gasteiger partial charge in [-0.05, 0) is 24.6 Å². The number of primary amides is 1. The van der Waals surface area contributed by atoms with Crippen molar-refractivity contribution in [3.8, 4) is 11.5 Å². The molecule has 1 atom stereocenters. The number of carbonyl (C=O) groups excluding carboxylic acids is 4. The molecule has 1 saturated heterocycles. The Morgan fingerprint density at radius 3 is 2.44 bits per heavy atom. The molecule has 0 saturated carbocycles. The smallest absolute Gasteiger partial charge is 0.325 e. The summed E-state index contributed by atoms with van der Waals surface area (Å²) in [6, 6.07) is 2.93. The molecule has 10 nitrogen and oxygen atoms in total. The number of hydrogen-bond donors (Lipinski definition) is 3. The molecule has 4 N–H and O–H groups in total. The van der Waals surface area contributed by atoms with Gasteiger partial charge < -0.3 is 20.5 Å². The van der Waals surface area contributed by atoms with E-state index in [1.165, 1.54) is 21.1 Å². The van der Waals surface area contributed by atoms with Crippen LogP contribution < -0.4 is 25.8 Å². The molecule has 6 amide bonds. The largest absolute Gasteiger partial charge is 0.493 e. The van der Waals surface area contributed by atoms with Gasteiger partial charge in [0.1, 0.15) is 12.1 Å². The maximum Gasteiger partial charge on any atom is 0.325 e. The van der Waals surface area contributed by atoms with Crippen LogP contribution in [-0.2, 0) is 15.1 Å². The molecule has 0 aliphatic carbocycles. The molecule has 2 rings (SSSR count). The second-order valence-corrected chi connectivity index (χ2v) is 5.43. The van der Waals surface area contributed by atoms with Crippen LogP contribution >= 0.6 is 0 Å². The highest BCUT2D eigenvalue weighted by Gasteiger charge is 2.49. The van der Waals surface area contributed by atoms with E-state index in [0.717, 1.165) is 0 Å². The molecule has 1 fully saturated rings. The molecule has 1 aromatic rings. The van der Waals surface area contributed by atoms with Gasteiger partial charge in [0.15, 0.2) is 11.5 Å². The fourth-order valence-corrected chi connectivity index (χ4v) is 2.50. The molecule has 134 valence electrons. The highest BCUT2D eigenvalue weighted by atomic mass is 16.5. The van der Waals surface area contributed by atoms with Crippen molar-refractivity contribution < 1.29 is 28.7 Å². The summed E-state index contributed by atoms with van der Waals surface area (Å²) in [6.07, 6.45) is 0. The van der Waals surface area contributed by atoms with Crippen LogP contribution in [-0.4, -0.2) is 49.5 Å². The Labute approximate surface area is 143 Å². The van der Waals surface area contributed by atoms with E-state index in [1.807, 2.05) is 0 Å². The molecular weight excluding hydrogens is 332 g/mol. The van der Waals surface area contributed by atoms with E-state index in [0.29, 0.717) is 22.0 Å². The van der Waals surface area contributed by atoms with Gasteiger partial charge in [-0.2, -0.15) is 0 Å². The Morgan fingerprint density at radius 1 is 1.24 bits per heavy atom. The average Bonchev–Trinajstić information content (AvgIpc) is 2.77. The summed E-state index contributed by atoms with van der Waals surface area (Å²) in [5, 5.41) is 4.34. The molecule has 1 aromatic carbocycles. The van der Waals surface area contributed by atoms with Crippen molar-refractivity contribution in [2.45, 2.75) is 12.5 Å². The van der Waals surface area contributed by atoms with E-state index in [-0.39, 0.29) is 0 Å². The molecule has 0 spiro atoms. The maximum absolute atomic E-state index is 12.7. The fraction of sp³-hybridized carbons (Fsp3) is 0.333. The van der Waals surface area contributed by atoms with E-state index in [1.54, 1.807) is 23.5 Å². The Hall–Kier alpha value is -3.30. The molecule has 0 radical (unpaired) electrons. The summed E-state index contributed by atoms with van der Waals surface area (Å²) < 4.78 is 10.3. The Balaban J connectivity index is 2.30. The minimum absolute atomic E-state index is 0.383. The van der Waals surface area contributed by atoms with Crippen molar-refractivity contribution in [1.29, 1.82) is 0 Å². The van der Waals surface area contributed by atoms with Crippen molar-refractivity contribution in [3.05, 3.63) is 23.8 Å². The van der Waals surface area contributed by atoms with Gasteiger partial charge in [0, 0.05) is 0 Å². The second-order valence-electron chi connectivity index (χ2n) is 5.43. The predicted octanol–water partition coefficient (Wildman–Crippen LogP) is -0.334. The van der Waals surface area contributed by atoms with Crippen LogP contribution in [0.25, 0.3) is 0 Å². The highest BCUT2D eigenvalue weighted by Crippen LogP contribution is 2.35. The minimum Gasteiger partial charge on any atom is -0.493 e. The van der Waals surface area contributed by atoms with Gasteiger partial charge in [-0.25, -0.2) is 9.59 Å². The van der Waals surface area contributed by atoms with Crippen LogP contribution in [0, 0.1) is 0 Å². The average molecular weight is 350 g/mol. The first-order valence-corrected chi connectivity index (χ1v) is 7.18. The van der Waals surface area contributed by atoms with E-state index in [9.17, 15) is 19.2 Å². The molecule has 1 heterocycles. The summed E-state index contributed by atoms with van der Waals surface area (Å²) in [5.41, 5.74) is 3.89. The maximum atomic E-state index is 12.7. The predicted molar refractivity (Wildman–Crippen MR) is 84.9 cm³/mol. The third-order valence-electron chi connectivity index (χ3n) is 3.80. The number of benzene rings is 1. The third kappa shape index (κ3) is 3.32. The quantitative estimate of drug-likeness (QED) is 0.621. The SMILES string of the molecule is COc1ccc([C@]2(C)NC(=O)N(CC(=O)NC(N)=O)C2=O)cc1OC. The van der Waals surface area contributed by atoms with Gasteiger partial charge in [-0.3, -0.25) is 19.8 Å². The normalized spacial score (nSPS) is 19.4. The standard InChI is InChI=1S/C15H18N4O6/c1-15(8-4-5-9(24-2)10(6-8)25-3)12(21)19(14(23)18-15)7-11(20)17-13(16)22/h4-6H,7H2,1-3H3,(H,18,23)(H3,16,17,20,22)/t15-/m0/s1. The first-order chi connectivity index (χ1) is 11.7. The number of rotatable bonds is 5. The molecule has 25 heavy (non-hydrogen) atoms. The number of ether oxygens (including phenoxy) is 2. The van der Waals surface area contributed by atoms with E-state index in [2.05, 4.69) is 5.32 Å². The van der Waals surface area contributed by atoms with Gasteiger partial charge in [0.2, 0.25) is 5.91 Å². The number of amides is 6. The molecule has 0 aromatic heterocycles. The Morgan fingerprint density at radius 2 is 1.88 bits per heavy atom. The summed E-state index contributed by atoms with van der Waals surface area (Å²) in [4.78, 5) is 47.8. The van der Waals surface area contributed by atoms with E-state index in [4.69, 9.17) is 15.2 Å². The number of nitrogens with zero attached hydrogens (tertiary/aromatic N) is 1. The van der Waals surface area contributed by atoms with Crippen LogP contribution in [0.15, 0.2) is 18.2 Å². The summed E-state index contributed by atoms with van der Waals surface area (Å²) >= 11 is 0. The molecular formula is C15H18N4O6. The zero-order chi connectivity index (χ0) is 18.8. The lowest BCUT2D eigenvalue weighted by Crippen LogP contribution is -2.45. The number of nitrogens with two attached hydrogens (primary N) is 1. The lowest BCUT2D eigenvalue weighted by Gasteiger charge is -2.23. The second kappa shape index (κ2) is 6.67. The Bertz CT molecular complexity index is 750. The number of hydrogen-bond acceptors (Lipinski definition) is 6. The first-order valence-electron chi connectivity index (χ1n) is 7.18. The lowest BCUT2D eigenvalue weighted by atomic mass is 9.91. The van der Waals surface area contributed by atoms with Gasteiger partial charge in [-0.1, -0.05) is 6.07 Å². The summed E-state index contributed by atoms with van der Waals surface area (Å²) in [6.45, 7) is 0.872. The number of imide groups is 2. The monoisotopic (exact) mass is 350 g/mol. The minimum atomic E-state index is -1.40. The van der Waals surface area contributed by atoms with Gasteiger partial charge in [0.05, 0.1) is 14.2 Å². The topological polar surface area (TPSA) is 140 Å². The van der Waals surface area contributed by atoms with Gasteiger partial charge in [0.25, 0.3) is 5.91 Å². The molecule has 1 aliphatic rings. The molecule has 0 unspecified atom stereocenters. The Kier molecular flexibility index (Phi) is 4.82. The van der Waals surface area contributed by atoms with Crippen molar-refractivity contribution in [3.63, 3.8) is 0 Å². The summed E-state index contributed by atoms with van der Waals surface area (Å²) in [5.74, 6) is -0.672. The summed E-state index contributed by atoms with van der Waals surface area (Å²) in [7, 11) is 2.92. The zero-order valence-electron chi connectivity index (χ0n) is 13.9. The highest BCUT2D eigenvalue weighted by molar-refractivity contribution is 6.10. The van der Waals surface area contributed by atoms with Crippen molar-refractivity contribution in [2.75, 3.05) is 20.8 Å². The van der Waals surface area contributed by atoms with Crippen LogP contribution in [0.4, 0.5) is 9.59 Å². The number of carbonyl (C=O) groups is 4. The van der Waals surface area contributed by atoms with Crippen LogP contribution in [0.3, 0.4) is 0 Å². The first kappa shape index (κ1) is 18.0. The van der Waals surface area contributed by atoms with E-state index < -0.39 is 36.0 Å². The third-order valence-corrected chi connectivity index (χ3v) is 3.80. The molecule has 0 bridgehead atoms. The van der Waals surface area contributed by atoms with Gasteiger partial charge in [-0.15, -0.1) is 0 Å². The zero-order valence-corrected chi connectivity index (χ0v) is 13.9. The molecule has 1 aliphatic heterocycles. The van der Waals surface area contributed by atoms with Gasteiger partial charge >= 0.3 is 12.1 Å².